The second kappa shape index (κ2) is 15.2. The molecule has 0 aliphatic heterocycles. The molecule has 0 aromatic heterocycles. The van der Waals surface area contributed by atoms with E-state index in [4.69, 9.17) is 9.66 Å². The van der Waals surface area contributed by atoms with Crippen LogP contribution in [0.15, 0.2) is 12.2 Å². The average molecular weight is 349 g/mol. The van der Waals surface area contributed by atoms with E-state index in [-0.39, 0.29) is 6.42 Å². The third kappa shape index (κ3) is 16.3. The van der Waals surface area contributed by atoms with Crippen molar-refractivity contribution in [1.82, 2.24) is 0 Å². The maximum atomic E-state index is 10.6. The molecular weight excluding hydrogens is 312 g/mol. The molecule has 0 bridgehead atoms. The van der Waals surface area contributed by atoms with E-state index in [0.717, 1.165) is 32.1 Å². The summed E-state index contributed by atoms with van der Waals surface area (Å²) in [6, 6.07) is 0. The number of rotatable bonds is 16. The van der Waals surface area contributed by atoms with Crippen LogP contribution in [0.2, 0.25) is 0 Å². The first-order valence-electron chi connectivity index (χ1n) is 9.27. The molecule has 4 nitrogen and oxygen atoms in total. The summed E-state index contributed by atoms with van der Waals surface area (Å²) in [6.07, 6.45) is 19.9. The van der Waals surface area contributed by atoms with Crippen molar-refractivity contribution >= 4 is 10.1 Å². The molecule has 0 fully saturated rings. The monoisotopic (exact) mass is 348 g/mol. The molecule has 0 aromatic rings. The molecular formula is C18H36O4S. The lowest BCUT2D eigenvalue weighted by Crippen LogP contribution is -2.19. The number of hydrogen-bond donors (Lipinski definition) is 2. The Hall–Kier alpha value is -0.390. The Bertz CT molecular complexity index is 376. The Labute approximate surface area is 143 Å². The summed E-state index contributed by atoms with van der Waals surface area (Å²) in [6.45, 7) is 2.24. The first kappa shape index (κ1) is 22.6. The van der Waals surface area contributed by atoms with E-state index in [9.17, 15) is 8.42 Å². The highest BCUT2D eigenvalue weighted by Gasteiger charge is 2.18. The first-order valence-corrected chi connectivity index (χ1v) is 10.8. The molecule has 1 atom stereocenters. The van der Waals surface area contributed by atoms with E-state index in [1.54, 1.807) is 0 Å². The molecule has 5 heteroatoms. The molecule has 138 valence electrons. The maximum Gasteiger partial charge on any atom is 0.291 e. The van der Waals surface area contributed by atoms with Gasteiger partial charge in [-0.15, -0.1) is 0 Å². The van der Waals surface area contributed by atoms with Gasteiger partial charge in [0.2, 0.25) is 0 Å². The van der Waals surface area contributed by atoms with Crippen LogP contribution in [-0.4, -0.2) is 23.5 Å². The molecule has 23 heavy (non-hydrogen) atoms. The van der Waals surface area contributed by atoms with Crippen LogP contribution < -0.4 is 0 Å². The standard InChI is InChI=1S/C18H36O4S/c1-2-3-4-5-6-7-8-9-10-11-12-13-14-15-16-17-18(19)23(20,21)22/h9-10,18-19H,2-8,11-17H2,1H3,(H,20,21,22). The van der Waals surface area contributed by atoms with E-state index < -0.39 is 15.6 Å². The molecule has 0 amide bonds. The fraction of sp³-hybridized carbons (Fsp3) is 0.889. The van der Waals surface area contributed by atoms with Crippen LogP contribution >= 0.6 is 0 Å². The highest BCUT2D eigenvalue weighted by Crippen LogP contribution is 2.12. The van der Waals surface area contributed by atoms with Crippen molar-refractivity contribution in [2.75, 3.05) is 0 Å². The third-order valence-electron chi connectivity index (χ3n) is 4.06. The van der Waals surface area contributed by atoms with Crippen molar-refractivity contribution in [3.8, 4) is 0 Å². The topological polar surface area (TPSA) is 74.6 Å². The van der Waals surface area contributed by atoms with Gasteiger partial charge in [0.05, 0.1) is 0 Å². The second-order valence-electron chi connectivity index (χ2n) is 6.34. The fourth-order valence-corrected chi connectivity index (χ4v) is 3.00. The van der Waals surface area contributed by atoms with Gasteiger partial charge in [-0.2, -0.15) is 8.42 Å². The Balaban J connectivity index is 3.25. The van der Waals surface area contributed by atoms with E-state index in [1.165, 1.54) is 44.9 Å². The van der Waals surface area contributed by atoms with Crippen LogP contribution in [0.3, 0.4) is 0 Å². The van der Waals surface area contributed by atoms with Crippen LogP contribution in [0.4, 0.5) is 0 Å². The molecule has 1 unspecified atom stereocenters. The lowest BCUT2D eigenvalue weighted by atomic mass is 10.1. The van der Waals surface area contributed by atoms with E-state index in [1.807, 2.05) is 0 Å². The fourth-order valence-electron chi connectivity index (χ4n) is 2.54. The van der Waals surface area contributed by atoms with Gasteiger partial charge in [-0.1, -0.05) is 70.4 Å². The maximum absolute atomic E-state index is 10.6. The molecule has 0 aromatic carbocycles. The number of hydrogen-bond acceptors (Lipinski definition) is 3. The van der Waals surface area contributed by atoms with Gasteiger partial charge in [0, 0.05) is 0 Å². The molecule has 0 saturated carbocycles. The number of unbranched alkanes of at least 4 members (excludes halogenated alkanes) is 11. The van der Waals surface area contributed by atoms with Gasteiger partial charge in [0.15, 0.2) is 5.44 Å². The number of allylic oxidation sites excluding steroid dienone is 2. The normalized spacial score (nSPS) is 13.7. The Morgan fingerprint density at radius 1 is 0.783 bits per heavy atom. The Morgan fingerprint density at radius 3 is 1.70 bits per heavy atom. The van der Waals surface area contributed by atoms with Crippen LogP contribution in [0.5, 0.6) is 0 Å². The van der Waals surface area contributed by atoms with Gasteiger partial charge >= 0.3 is 0 Å². The summed E-state index contributed by atoms with van der Waals surface area (Å²) in [4.78, 5) is 0. The lowest BCUT2D eigenvalue weighted by molar-refractivity contribution is 0.219. The summed E-state index contributed by atoms with van der Waals surface area (Å²) < 4.78 is 29.8. The van der Waals surface area contributed by atoms with Crippen molar-refractivity contribution < 1.29 is 18.1 Å². The zero-order valence-corrected chi connectivity index (χ0v) is 15.6. The minimum atomic E-state index is -4.28. The van der Waals surface area contributed by atoms with Crippen LogP contribution in [0, 0.1) is 0 Å². The predicted molar refractivity (Wildman–Crippen MR) is 97.0 cm³/mol. The second-order valence-corrected chi connectivity index (χ2v) is 7.92. The van der Waals surface area contributed by atoms with E-state index in [0.29, 0.717) is 6.42 Å². The highest BCUT2D eigenvalue weighted by atomic mass is 32.2. The molecule has 0 saturated heterocycles. The highest BCUT2D eigenvalue weighted by molar-refractivity contribution is 7.86. The minimum absolute atomic E-state index is 0.122. The predicted octanol–water partition coefficient (Wildman–Crippen LogP) is 5.23. The molecule has 0 heterocycles. The van der Waals surface area contributed by atoms with Crippen molar-refractivity contribution in [1.29, 1.82) is 0 Å². The molecule has 2 N–H and O–H groups in total. The zero-order chi connectivity index (χ0) is 17.4. The van der Waals surface area contributed by atoms with Crippen molar-refractivity contribution in [2.45, 2.75) is 102 Å². The molecule has 0 rings (SSSR count). The van der Waals surface area contributed by atoms with Crippen LogP contribution in [-0.2, 0) is 10.1 Å². The first-order chi connectivity index (χ1) is 11.0. The smallest absolute Gasteiger partial charge is 0.291 e. The zero-order valence-electron chi connectivity index (χ0n) is 14.8. The Kier molecular flexibility index (Phi) is 14.9. The van der Waals surface area contributed by atoms with Gasteiger partial charge in [-0.3, -0.25) is 4.55 Å². The van der Waals surface area contributed by atoms with Crippen LogP contribution in [0.1, 0.15) is 96.8 Å². The van der Waals surface area contributed by atoms with Crippen molar-refractivity contribution in [3.63, 3.8) is 0 Å². The summed E-state index contributed by atoms with van der Waals surface area (Å²) in [5.41, 5.74) is -1.62. The largest absolute Gasteiger partial charge is 0.375 e. The van der Waals surface area contributed by atoms with Gasteiger partial charge < -0.3 is 5.11 Å². The number of aliphatic hydroxyl groups excluding tert-OH is 1. The van der Waals surface area contributed by atoms with E-state index >= 15 is 0 Å². The Morgan fingerprint density at radius 2 is 1.22 bits per heavy atom. The molecule has 0 aliphatic carbocycles. The summed E-state index contributed by atoms with van der Waals surface area (Å²) in [7, 11) is -4.28. The summed E-state index contributed by atoms with van der Waals surface area (Å²) in [5.74, 6) is 0. The van der Waals surface area contributed by atoms with Gasteiger partial charge in [-0.05, 0) is 38.5 Å². The van der Waals surface area contributed by atoms with Crippen molar-refractivity contribution in [3.05, 3.63) is 12.2 Å². The quantitative estimate of drug-likeness (QED) is 0.227. The van der Waals surface area contributed by atoms with Gasteiger partial charge in [0.1, 0.15) is 0 Å². The van der Waals surface area contributed by atoms with Gasteiger partial charge in [0.25, 0.3) is 10.1 Å². The SMILES string of the molecule is CCCCCCCCC=CCCCCCCCC(O)S(=O)(=O)O. The average Bonchev–Trinajstić information content (AvgIpc) is 2.50. The van der Waals surface area contributed by atoms with Crippen molar-refractivity contribution in [2.24, 2.45) is 0 Å². The molecule has 0 aliphatic rings. The van der Waals surface area contributed by atoms with Gasteiger partial charge in [-0.25, -0.2) is 0 Å². The molecule has 0 spiro atoms. The number of aliphatic hydroxyl groups is 1. The third-order valence-corrected chi connectivity index (χ3v) is 4.98. The lowest BCUT2D eigenvalue weighted by Gasteiger charge is -2.06. The molecule has 0 radical (unpaired) electrons. The minimum Gasteiger partial charge on any atom is -0.375 e. The van der Waals surface area contributed by atoms with Crippen LogP contribution in [0.25, 0.3) is 0 Å². The summed E-state index contributed by atoms with van der Waals surface area (Å²) in [5, 5.41) is 9.14. The van der Waals surface area contributed by atoms with E-state index in [2.05, 4.69) is 19.1 Å². The summed E-state index contributed by atoms with van der Waals surface area (Å²) >= 11 is 0.